The molecule has 0 atom stereocenters. The van der Waals surface area contributed by atoms with Crippen LogP contribution in [0.1, 0.15) is 17.3 Å². The molecule has 0 aliphatic rings. The number of carboxylic acid groups (broad SMARTS) is 1. The van der Waals surface area contributed by atoms with Crippen LogP contribution in [-0.2, 0) is 9.53 Å². The van der Waals surface area contributed by atoms with Crippen molar-refractivity contribution < 1.29 is 19.4 Å². The maximum absolute atomic E-state index is 11.2. The van der Waals surface area contributed by atoms with E-state index in [0.717, 1.165) is 18.0 Å². The number of benzene rings is 1. The minimum atomic E-state index is -1.06. The maximum atomic E-state index is 11.2. The van der Waals surface area contributed by atoms with E-state index in [9.17, 15) is 9.59 Å². The van der Waals surface area contributed by atoms with Crippen LogP contribution < -0.4 is 0 Å². The van der Waals surface area contributed by atoms with Crippen LogP contribution in [0.3, 0.4) is 0 Å². The van der Waals surface area contributed by atoms with Crippen molar-refractivity contribution in [1.29, 1.82) is 0 Å². The molecule has 0 unspecified atom stereocenters. The highest BCUT2D eigenvalue weighted by atomic mass is 32.2. The molecular weight excluding hydrogens is 240 g/mol. The second-order valence-corrected chi connectivity index (χ2v) is 4.32. The molecule has 0 spiro atoms. The number of ketones is 1. The Morgan fingerprint density at radius 3 is 2.65 bits per heavy atom. The van der Waals surface area contributed by atoms with Gasteiger partial charge in [-0.25, -0.2) is 4.79 Å². The standard InChI is InChI=1S/C12H12O4S/c1-8(13)9-4-3-5-10(6-9)17-11(7-16-2)12(14)15/h3-7H,1-2H3,(H,14,15). The lowest BCUT2D eigenvalue weighted by Gasteiger charge is -2.03. The van der Waals surface area contributed by atoms with Crippen molar-refractivity contribution in [3.8, 4) is 0 Å². The van der Waals surface area contributed by atoms with Crippen molar-refractivity contribution in [2.45, 2.75) is 11.8 Å². The van der Waals surface area contributed by atoms with E-state index in [-0.39, 0.29) is 10.7 Å². The third-order valence-electron chi connectivity index (χ3n) is 1.90. The van der Waals surface area contributed by atoms with Gasteiger partial charge in [0.1, 0.15) is 11.2 Å². The fourth-order valence-corrected chi connectivity index (χ4v) is 1.95. The first-order valence-electron chi connectivity index (χ1n) is 4.79. The van der Waals surface area contributed by atoms with Gasteiger partial charge < -0.3 is 9.84 Å². The third kappa shape index (κ3) is 3.96. The Bertz CT molecular complexity index is 465. The number of hydrogen-bond acceptors (Lipinski definition) is 4. The van der Waals surface area contributed by atoms with E-state index >= 15 is 0 Å². The van der Waals surface area contributed by atoms with Crippen LogP contribution in [0.2, 0.25) is 0 Å². The molecule has 0 aromatic heterocycles. The SMILES string of the molecule is COC=C(Sc1cccc(C(C)=O)c1)C(=O)O. The van der Waals surface area contributed by atoms with Crippen LogP contribution in [0.5, 0.6) is 0 Å². The molecule has 0 fully saturated rings. The summed E-state index contributed by atoms with van der Waals surface area (Å²) in [5.41, 5.74) is 0.553. The molecule has 1 N–H and O–H groups in total. The summed E-state index contributed by atoms with van der Waals surface area (Å²) in [6, 6.07) is 6.79. The van der Waals surface area contributed by atoms with E-state index in [2.05, 4.69) is 4.74 Å². The fourth-order valence-electron chi connectivity index (χ4n) is 1.13. The van der Waals surface area contributed by atoms with Crippen molar-refractivity contribution in [1.82, 2.24) is 0 Å². The number of methoxy groups -OCH3 is 1. The summed E-state index contributed by atoms with van der Waals surface area (Å²) in [6.45, 7) is 1.47. The Balaban J connectivity index is 2.94. The van der Waals surface area contributed by atoms with Gasteiger partial charge in [0, 0.05) is 10.5 Å². The van der Waals surface area contributed by atoms with Gasteiger partial charge in [-0.15, -0.1) is 0 Å². The number of Topliss-reactive ketones (excluding diaryl/α,β-unsaturated/α-hetero) is 1. The lowest BCUT2D eigenvalue weighted by molar-refractivity contribution is -0.131. The largest absolute Gasteiger partial charge is 0.503 e. The predicted octanol–water partition coefficient (Wildman–Crippen LogP) is 2.55. The third-order valence-corrected chi connectivity index (χ3v) is 2.88. The van der Waals surface area contributed by atoms with E-state index in [0.29, 0.717) is 10.5 Å². The van der Waals surface area contributed by atoms with Crippen LogP contribution in [0, 0.1) is 0 Å². The molecule has 17 heavy (non-hydrogen) atoms. The highest BCUT2D eigenvalue weighted by molar-refractivity contribution is 8.04. The van der Waals surface area contributed by atoms with E-state index < -0.39 is 5.97 Å². The van der Waals surface area contributed by atoms with Crippen LogP contribution in [0.25, 0.3) is 0 Å². The zero-order chi connectivity index (χ0) is 12.8. The molecule has 1 rings (SSSR count). The summed E-state index contributed by atoms with van der Waals surface area (Å²) in [5, 5.41) is 8.91. The average Bonchev–Trinajstić information content (AvgIpc) is 2.28. The zero-order valence-electron chi connectivity index (χ0n) is 9.47. The highest BCUT2D eigenvalue weighted by Crippen LogP contribution is 2.27. The van der Waals surface area contributed by atoms with E-state index in [1.807, 2.05) is 0 Å². The summed E-state index contributed by atoms with van der Waals surface area (Å²) in [5.74, 6) is -1.12. The van der Waals surface area contributed by atoms with Crippen molar-refractivity contribution in [3.05, 3.63) is 41.0 Å². The second kappa shape index (κ2) is 6.10. The molecule has 1 aromatic rings. The lowest BCUT2D eigenvalue weighted by atomic mass is 10.2. The average molecular weight is 252 g/mol. The van der Waals surface area contributed by atoms with E-state index in [1.165, 1.54) is 14.0 Å². The molecule has 0 aliphatic heterocycles. The number of carbonyl (C=O) groups is 2. The Hall–Kier alpha value is -1.75. The van der Waals surface area contributed by atoms with Gasteiger partial charge in [0.25, 0.3) is 0 Å². The van der Waals surface area contributed by atoms with Crippen molar-refractivity contribution in [2.75, 3.05) is 7.11 Å². The molecule has 0 aliphatic carbocycles. The number of hydrogen-bond donors (Lipinski definition) is 1. The van der Waals surface area contributed by atoms with Crippen LogP contribution in [0.4, 0.5) is 0 Å². The summed E-state index contributed by atoms with van der Waals surface area (Å²) in [7, 11) is 1.38. The van der Waals surface area contributed by atoms with Crippen molar-refractivity contribution in [3.63, 3.8) is 0 Å². The summed E-state index contributed by atoms with van der Waals surface area (Å²) in [6.07, 6.45) is 1.16. The summed E-state index contributed by atoms with van der Waals surface area (Å²) >= 11 is 1.04. The molecule has 0 saturated carbocycles. The van der Waals surface area contributed by atoms with Crippen LogP contribution in [0.15, 0.2) is 40.3 Å². The Morgan fingerprint density at radius 2 is 2.12 bits per heavy atom. The van der Waals surface area contributed by atoms with Gasteiger partial charge in [0.05, 0.1) is 7.11 Å². The molecular formula is C12H12O4S. The smallest absolute Gasteiger partial charge is 0.345 e. The number of aliphatic carboxylic acids is 1. The molecule has 0 bridgehead atoms. The molecule has 90 valence electrons. The minimum Gasteiger partial charge on any atom is -0.503 e. The van der Waals surface area contributed by atoms with Crippen molar-refractivity contribution >= 4 is 23.5 Å². The monoisotopic (exact) mass is 252 g/mol. The number of thioether (sulfide) groups is 1. The van der Waals surface area contributed by atoms with Gasteiger partial charge in [0.15, 0.2) is 5.78 Å². The van der Waals surface area contributed by atoms with Gasteiger partial charge in [-0.3, -0.25) is 4.79 Å². The second-order valence-electron chi connectivity index (χ2n) is 3.21. The van der Waals surface area contributed by atoms with E-state index in [4.69, 9.17) is 5.11 Å². The molecule has 0 radical (unpaired) electrons. The van der Waals surface area contributed by atoms with Gasteiger partial charge in [-0.2, -0.15) is 0 Å². The quantitative estimate of drug-likeness (QED) is 0.377. The minimum absolute atomic E-state index is 0.0555. The molecule has 5 heteroatoms. The Morgan fingerprint density at radius 1 is 1.41 bits per heavy atom. The Labute approximate surface area is 103 Å². The number of carbonyl (C=O) groups excluding carboxylic acids is 1. The van der Waals surface area contributed by atoms with Gasteiger partial charge in [-0.05, 0) is 19.1 Å². The highest BCUT2D eigenvalue weighted by Gasteiger charge is 2.10. The zero-order valence-corrected chi connectivity index (χ0v) is 10.3. The number of carboxylic acids is 1. The first kappa shape index (κ1) is 13.3. The first-order valence-corrected chi connectivity index (χ1v) is 5.61. The Kier molecular flexibility index (Phi) is 4.78. The number of rotatable bonds is 5. The maximum Gasteiger partial charge on any atom is 0.345 e. The predicted molar refractivity (Wildman–Crippen MR) is 65.0 cm³/mol. The summed E-state index contributed by atoms with van der Waals surface area (Å²) in [4.78, 5) is 22.8. The molecule has 0 heterocycles. The van der Waals surface area contributed by atoms with E-state index in [1.54, 1.807) is 24.3 Å². The van der Waals surface area contributed by atoms with Gasteiger partial charge in [0.2, 0.25) is 0 Å². The summed E-state index contributed by atoms with van der Waals surface area (Å²) < 4.78 is 4.68. The number of ether oxygens (including phenoxy) is 1. The molecule has 0 amide bonds. The molecule has 1 aromatic carbocycles. The fraction of sp³-hybridized carbons (Fsp3) is 0.167. The molecule has 4 nitrogen and oxygen atoms in total. The van der Waals surface area contributed by atoms with Crippen molar-refractivity contribution in [2.24, 2.45) is 0 Å². The van der Waals surface area contributed by atoms with Gasteiger partial charge >= 0.3 is 5.97 Å². The van der Waals surface area contributed by atoms with Gasteiger partial charge in [-0.1, -0.05) is 23.9 Å². The normalized spacial score (nSPS) is 11.1. The topological polar surface area (TPSA) is 63.6 Å². The lowest BCUT2D eigenvalue weighted by Crippen LogP contribution is -1.98. The van der Waals surface area contributed by atoms with Crippen LogP contribution in [-0.4, -0.2) is 24.0 Å². The first-order chi connectivity index (χ1) is 8.04. The van der Waals surface area contributed by atoms with Crippen LogP contribution >= 0.6 is 11.8 Å². The molecule has 0 saturated heterocycles.